The van der Waals surface area contributed by atoms with E-state index in [1.54, 1.807) is 6.07 Å². The Kier molecular flexibility index (Phi) is 3.33. The Hall–Kier alpha value is -2.06. The lowest BCUT2D eigenvalue weighted by Crippen LogP contribution is -1.98. The van der Waals surface area contributed by atoms with Gasteiger partial charge in [0.25, 0.3) is 0 Å². The first-order valence-corrected chi connectivity index (χ1v) is 7.10. The van der Waals surface area contributed by atoms with Gasteiger partial charge in [-0.3, -0.25) is 10.1 Å². The van der Waals surface area contributed by atoms with Crippen LogP contribution in [0.3, 0.4) is 0 Å². The highest BCUT2D eigenvalue weighted by Crippen LogP contribution is 2.38. The number of para-hydroxylation sites is 1. The maximum absolute atomic E-state index is 11.3. The zero-order valence-corrected chi connectivity index (χ0v) is 12.3. The SMILES string of the molecule is O=[N+]([O-])c1c(Nc2ccccc2)cc(Br)c2nsnc12. The normalized spacial score (nSPS) is 10.7. The van der Waals surface area contributed by atoms with Crippen LogP contribution in [0.2, 0.25) is 0 Å². The van der Waals surface area contributed by atoms with Crippen LogP contribution in [0.15, 0.2) is 40.9 Å². The zero-order chi connectivity index (χ0) is 14.1. The molecule has 0 amide bonds. The van der Waals surface area contributed by atoms with Gasteiger partial charge in [-0.2, -0.15) is 8.75 Å². The first-order chi connectivity index (χ1) is 9.66. The molecule has 0 saturated heterocycles. The van der Waals surface area contributed by atoms with Crippen molar-refractivity contribution in [2.75, 3.05) is 5.32 Å². The van der Waals surface area contributed by atoms with Crippen molar-refractivity contribution in [3.8, 4) is 0 Å². The molecule has 1 heterocycles. The van der Waals surface area contributed by atoms with Gasteiger partial charge in [0.15, 0.2) is 5.52 Å². The van der Waals surface area contributed by atoms with E-state index >= 15 is 0 Å². The van der Waals surface area contributed by atoms with E-state index in [0.29, 0.717) is 15.7 Å². The number of nitro benzene ring substituents is 1. The summed E-state index contributed by atoms with van der Waals surface area (Å²) in [6, 6.07) is 10.9. The molecule has 0 atom stereocenters. The number of nitrogens with zero attached hydrogens (tertiary/aromatic N) is 3. The summed E-state index contributed by atoms with van der Waals surface area (Å²) in [6.45, 7) is 0. The molecule has 0 aliphatic rings. The number of hydrogen-bond acceptors (Lipinski definition) is 6. The van der Waals surface area contributed by atoms with Gasteiger partial charge in [0.05, 0.1) is 16.7 Å². The monoisotopic (exact) mass is 350 g/mol. The van der Waals surface area contributed by atoms with E-state index in [2.05, 4.69) is 30.0 Å². The second-order valence-corrected chi connectivity index (χ2v) is 5.35. The summed E-state index contributed by atoms with van der Waals surface area (Å²) in [7, 11) is 0. The lowest BCUT2D eigenvalue weighted by atomic mass is 10.2. The summed E-state index contributed by atoms with van der Waals surface area (Å²) in [4.78, 5) is 10.9. The predicted octanol–water partition coefficient (Wildman–Crippen LogP) is 4.11. The Morgan fingerprint density at radius 1 is 1.20 bits per heavy atom. The van der Waals surface area contributed by atoms with E-state index in [1.165, 1.54) is 0 Å². The van der Waals surface area contributed by atoms with E-state index in [9.17, 15) is 10.1 Å². The third-order valence-corrected chi connectivity index (χ3v) is 3.83. The number of nitro groups is 1. The molecule has 0 saturated carbocycles. The van der Waals surface area contributed by atoms with Crippen molar-refractivity contribution < 1.29 is 4.92 Å². The molecule has 0 spiro atoms. The predicted molar refractivity (Wildman–Crippen MR) is 81.5 cm³/mol. The van der Waals surface area contributed by atoms with Crippen LogP contribution in [0.4, 0.5) is 17.1 Å². The van der Waals surface area contributed by atoms with E-state index in [0.717, 1.165) is 17.4 Å². The summed E-state index contributed by atoms with van der Waals surface area (Å²) in [5, 5.41) is 14.4. The highest BCUT2D eigenvalue weighted by Gasteiger charge is 2.24. The van der Waals surface area contributed by atoms with Crippen LogP contribution < -0.4 is 5.32 Å². The van der Waals surface area contributed by atoms with Crippen LogP contribution >= 0.6 is 27.7 Å². The van der Waals surface area contributed by atoms with E-state index in [4.69, 9.17) is 0 Å². The molecule has 100 valence electrons. The van der Waals surface area contributed by atoms with Gasteiger partial charge in [-0.05, 0) is 34.1 Å². The number of rotatable bonds is 3. The number of halogens is 1. The maximum Gasteiger partial charge on any atom is 0.321 e. The molecule has 2 aromatic carbocycles. The van der Waals surface area contributed by atoms with Gasteiger partial charge in [0, 0.05) is 10.2 Å². The van der Waals surface area contributed by atoms with Crippen LogP contribution in [-0.2, 0) is 0 Å². The molecule has 6 nitrogen and oxygen atoms in total. The molecular weight excluding hydrogens is 344 g/mol. The van der Waals surface area contributed by atoms with Gasteiger partial charge >= 0.3 is 5.69 Å². The van der Waals surface area contributed by atoms with E-state index < -0.39 is 4.92 Å². The molecule has 0 bridgehead atoms. The summed E-state index contributed by atoms with van der Waals surface area (Å²) in [5.74, 6) is 0. The minimum atomic E-state index is -0.443. The number of anilines is 2. The van der Waals surface area contributed by atoms with Crippen molar-refractivity contribution in [2.45, 2.75) is 0 Å². The molecular formula is C12H7BrN4O2S. The first kappa shape index (κ1) is 12.9. The van der Waals surface area contributed by atoms with Crippen LogP contribution in [0.25, 0.3) is 11.0 Å². The standard InChI is InChI=1S/C12H7BrN4O2S/c13-8-6-9(14-7-4-2-1-3-5-7)12(17(18)19)11-10(8)15-20-16-11/h1-6,14H. The third-order valence-electron chi connectivity index (χ3n) is 2.70. The van der Waals surface area contributed by atoms with Gasteiger partial charge in [-0.15, -0.1) is 0 Å². The summed E-state index contributed by atoms with van der Waals surface area (Å²) in [6.07, 6.45) is 0. The van der Waals surface area contributed by atoms with E-state index in [1.807, 2.05) is 30.3 Å². The van der Waals surface area contributed by atoms with Crippen molar-refractivity contribution in [1.29, 1.82) is 0 Å². The molecule has 20 heavy (non-hydrogen) atoms. The second kappa shape index (κ2) is 5.14. The Morgan fingerprint density at radius 3 is 2.60 bits per heavy atom. The highest BCUT2D eigenvalue weighted by atomic mass is 79.9. The molecule has 0 fully saturated rings. The van der Waals surface area contributed by atoms with Gasteiger partial charge in [-0.25, -0.2) is 0 Å². The molecule has 1 aromatic heterocycles. The molecule has 0 aliphatic heterocycles. The largest absolute Gasteiger partial charge is 0.350 e. The average molecular weight is 351 g/mol. The summed E-state index contributed by atoms with van der Waals surface area (Å²) in [5.41, 5.74) is 1.87. The number of hydrogen-bond donors (Lipinski definition) is 1. The molecule has 1 N–H and O–H groups in total. The Labute approximate surface area is 126 Å². The molecule has 3 rings (SSSR count). The van der Waals surface area contributed by atoms with Gasteiger partial charge < -0.3 is 5.32 Å². The average Bonchev–Trinajstić information content (AvgIpc) is 2.89. The fourth-order valence-corrected chi connectivity index (χ4v) is 3.03. The number of nitrogens with one attached hydrogen (secondary N) is 1. The van der Waals surface area contributed by atoms with Crippen LogP contribution in [-0.4, -0.2) is 13.7 Å². The molecule has 0 aliphatic carbocycles. The Morgan fingerprint density at radius 2 is 1.90 bits per heavy atom. The molecule has 0 unspecified atom stereocenters. The smallest absolute Gasteiger partial charge is 0.321 e. The molecule has 3 aromatic rings. The van der Waals surface area contributed by atoms with Crippen LogP contribution in [0.1, 0.15) is 0 Å². The van der Waals surface area contributed by atoms with Gasteiger partial charge in [0.1, 0.15) is 11.2 Å². The zero-order valence-electron chi connectivity index (χ0n) is 9.91. The van der Waals surface area contributed by atoms with E-state index in [-0.39, 0.29) is 11.2 Å². The molecule has 8 heteroatoms. The van der Waals surface area contributed by atoms with Crippen molar-refractivity contribution in [2.24, 2.45) is 0 Å². The molecule has 0 radical (unpaired) electrons. The minimum Gasteiger partial charge on any atom is -0.350 e. The second-order valence-electron chi connectivity index (χ2n) is 3.96. The third kappa shape index (κ3) is 2.23. The fourth-order valence-electron chi connectivity index (χ4n) is 1.85. The summed E-state index contributed by atoms with van der Waals surface area (Å²) < 4.78 is 8.75. The highest BCUT2D eigenvalue weighted by molar-refractivity contribution is 9.10. The topological polar surface area (TPSA) is 81.0 Å². The van der Waals surface area contributed by atoms with Crippen molar-refractivity contribution in [1.82, 2.24) is 8.75 Å². The number of fused-ring (bicyclic) bond motifs is 1. The van der Waals surface area contributed by atoms with Gasteiger partial charge in [0.2, 0.25) is 0 Å². The minimum absolute atomic E-state index is 0.0687. The number of aromatic nitrogens is 2. The van der Waals surface area contributed by atoms with Crippen LogP contribution in [0, 0.1) is 10.1 Å². The first-order valence-electron chi connectivity index (χ1n) is 5.58. The van der Waals surface area contributed by atoms with Gasteiger partial charge in [-0.1, -0.05) is 18.2 Å². The number of benzene rings is 2. The van der Waals surface area contributed by atoms with Crippen molar-refractivity contribution in [3.05, 3.63) is 51.0 Å². The lowest BCUT2D eigenvalue weighted by Gasteiger charge is -2.07. The lowest BCUT2D eigenvalue weighted by molar-refractivity contribution is -0.382. The van der Waals surface area contributed by atoms with Crippen molar-refractivity contribution in [3.63, 3.8) is 0 Å². The fraction of sp³-hybridized carbons (Fsp3) is 0. The Bertz CT molecular complexity index is 791. The van der Waals surface area contributed by atoms with Crippen LogP contribution in [0.5, 0.6) is 0 Å². The maximum atomic E-state index is 11.3. The summed E-state index contributed by atoms with van der Waals surface area (Å²) >= 11 is 4.32. The van der Waals surface area contributed by atoms with Crippen molar-refractivity contribution >= 4 is 55.8 Å². The quantitative estimate of drug-likeness (QED) is 0.567. The Balaban J connectivity index is 2.19.